The molecular formula is C8H18N2O2. The lowest BCUT2D eigenvalue weighted by Gasteiger charge is -2.30. The van der Waals surface area contributed by atoms with Gasteiger partial charge in [0.2, 0.25) is 0 Å². The van der Waals surface area contributed by atoms with Gasteiger partial charge in [-0.3, -0.25) is 0 Å². The number of nitrogens with zero attached hydrogens (tertiary/aromatic N) is 1. The summed E-state index contributed by atoms with van der Waals surface area (Å²) in [5.41, 5.74) is 0. The Bertz CT molecular complexity index is 124. The van der Waals surface area contributed by atoms with Crippen molar-refractivity contribution in [1.29, 1.82) is 0 Å². The number of aliphatic hydroxyl groups excluding tert-OH is 1. The van der Waals surface area contributed by atoms with Gasteiger partial charge in [0.15, 0.2) is 6.29 Å². The number of rotatable bonds is 3. The molecule has 0 aromatic rings. The van der Waals surface area contributed by atoms with Gasteiger partial charge in [-0.05, 0) is 0 Å². The maximum atomic E-state index is 8.86. The Labute approximate surface area is 73.2 Å². The maximum Gasteiger partial charge on any atom is 0.155 e. The molecule has 0 aromatic carbocycles. The topological polar surface area (TPSA) is 55.7 Å². The van der Waals surface area contributed by atoms with Crippen LogP contribution in [0.15, 0.2) is 0 Å². The van der Waals surface area contributed by atoms with Crippen LogP contribution in [0.2, 0.25) is 0 Å². The van der Waals surface area contributed by atoms with Crippen LogP contribution in [0, 0.1) is 5.92 Å². The molecule has 1 rings (SSSR count). The Hall–Kier alpha value is -0.160. The van der Waals surface area contributed by atoms with Crippen molar-refractivity contribution in [1.82, 2.24) is 10.2 Å². The number of hydrogen-bond acceptors (Lipinski definition) is 4. The number of hydrogen-bond donors (Lipinski definition) is 3. The van der Waals surface area contributed by atoms with E-state index in [2.05, 4.69) is 10.2 Å². The van der Waals surface area contributed by atoms with Crippen LogP contribution < -0.4 is 5.32 Å². The van der Waals surface area contributed by atoms with E-state index in [0.717, 1.165) is 32.7 Å². The van der Waals surface area contributed by atoms with Crippen molar-refractivity contribution in [2.45, 2.75) is 13.2 Å². The van der Waals surface area contributed by atoms with E-state index in [-0.39, 0.29) is 5.92 Å². The average Bonchev–Trinajstić information content (AvgIpc) is 2.06. The second-order valence-corrected chi connectivity index (χ2v) is 3.44. The van der Waals surface area contributed by atoms with Gasteiger partial charge in [-0.15, -0.1) is 0 Å². The molecule has 0 spiro atoms. The van der Waals surface area contributed by atoms with E-state index in [0.29, 0.717) is 0 Å². The van der Waals surface area contributed by atoms with Gasteiger partial charge >= 0.3 is 0 Å². The molecule has 1 aliphatic rings. The summed E-state index contributed by atoms with van der Waals surface area (Å²) in [5, 5.41) is 21.0. The van der Waals surface area contributed by atoms with Crippen molar-refractivity contribution >= 4 is 0 Å². The fourth-order valence-electron chi connectivity index (χ4n) is 1.40. The quantitative estimate of drug-likeness (QED) is 0.472. The lowest BCUT2D eigenvalue weighted by atomic mass is 10.1. The smallest absolute Gasteiger partial charge is 0.155 e. The third kappa shape index (κ3) is 3.06. The minimum absolute atomic E-state index is 0.0527. The second kappa shape index (κ2) is 4.77. The molecule has 0 aliphatic carbocycles. The zero-order chi connectivity index (χ0) is 8.97. The SMILES string of the molecule is CC(CN1CCNCC1)C(O)O. The van der Waals surface area contributed by atoms with Crippen LogP contribution >= 0.6 is 0 Å². The molecule has 1 atom stereocenters. The molecule has 3 N–H and O–H groups in total. The first-order valence-corrected chi connectivity index (χ1v) is 4.49. The molecule has 1 fully saturated rings. The molecule has 1 heterocycles. The van der Waals surface area contributed by atoms with Crippen molar-refractivity contribution in [3.05, 3.63) is 0 Å². The summed E-state index contributed by atoms with van der Waals surface area (Å²) in [6, 6.07) is 0. The van der Waals surface area contributed by atoms with Crippen molar-refractivity contribution in [2.75, 3.05) is 32.7 Å². The fourth-order valence-corrected chi connectivity index (χ4v) is 1.40. The lowest BCUT2D eigenvalue weighted by Crippen LogP contribution is -2.46. The molecule has 4 nitrogen and oxygen atoms in total. The van der Waals surface area contributed by atoms with Gasteiger partial charge in [-0.2, -0.15) is 0 Å². The first kappa shape index (κ1) is 9.92. The van der Waals surface area contributed by atoms with Gasteiger partial charge in [0, 0.05) is 38.6 Å². The highest BCUT2D eigenvalue weighted by atomic mass is 16.5. The molecular weight excluding hydrogens is 156 g/mol. The minimum Gasteiger partial charge on any atom is -0.368 e. The maximum absolute atomic E-state index is 8.86. The largest absolute Gasteiger partial charge is 0.368 e. The summed E-state index contributed by atoms with van der Waals surface area (Å²) < 4.78 is 0. The molecule has 12 heavy (non-hydrogen) atoms. The highest BCUT2D eigenvalue weighted by molar-refractivity contribution is 4.70. The van der Waals surface area contributed by atoms with Crippen molar-refractivity contribution in [3.63, 3.8) is 0 Å². The number of nitrogens with one attached hydrogen (secondary N) is 1. The Morgan fingerprint density at radius 1 is 1.33 bits per heavy atom. The standard InChI is InChI=1S/C8H18N2O2/c1-7(8(11)12)6-10-4-2-9-3-5-10/h7-9,11-12H,2-6H2,1H3. The van der Waals surface area contributed by atoms with E-state index in [9.17, 15) is 0 Å². The second-order valence-electron chi connectivity index (χ2n) is 3.44. The Kier molecular flexibility index (Phi) is 3.94. The summed E-state index contributed by atoms with van der Waals surface area (Å²) in [7, 11) is 0. The van der Waals surface area contributed by atoms with E-state index < -0.39 is 6.29 Å². The molecule has 0 radical (unpaired) electrons. The molecule has 1 unspecified atom stereocenters. The fraction of sp³-hybridized carbons (Fsp3) is 1.00. The summed E-state index contributed by atoms with van der Waals surface area (Å²) in [5.74, 6) is -0.0527. The molecule has 0 bridgehead atoms. The zero-order valence-electron chi connectivity index (χ0n) is 7.53. The van der Waals surface area contributed by atoms with E-state index in [4.69, 9.17) is 10.2 Å². The van der Waals surface area contributed by atoms with Gasteiger partial charge in [-0.1, -0.05) is 6.92 Å². The van der Waals surface area contributed by atoms with Crippen molar-refractivity contribution in [3.8, 4) is 0 Å². The van der Waals surface area contributed by atoms with Crippen molar-refractivity contribution in [2.24, 2.45) is 5.92 Å². The number of aliphatic hydroxyl groups is 2. The van der Waals surface area contributed by atoms with Crippen LogP contribution in [0.4, 0.5) is 0 Å². The molecule has 1 saturated heterocycles. The van der Waals surface area contributed by atoms with Crippen LogP contribution in [0.25, 0.3) is 0 Å². The third-order valence-corrected chi connectivity index (χ3v) is 2.26. The summed E-state index contributed by atoms with van der Waals surface area (Å²) in [6.45, 7) is 6.67. The van der Waals surface area contributed by atoms with E-state index in [1.807, 2.05) is 6.92 Å². The van der Waals surface area contributed by atoms with Crippen LogP contribution in [0.5, 0.6) is 0 Å². The van der Waals surface area contributed by atoms with Gasteiger partial charge < -0.3 is 20.4 Å². The lowest BCUT2D eigenvalue weighted by molar-refractivity contribution is -0.0858. The van der Waals surface area contributed by atoms with Gasteiger partial charge in [-0.25, -0.2) is 0 Å². The van der Waals surface area contributed by atoms with E-state index in [1.165, 1.54) is 0 Å². The number of piperazine rings is 1. The Balaban J connectivity index is 2.20. The third-order valence-electron chi connectivity index (χ3n) is 2.26. The first-order chi connectivity index (χ1) is 5.70. The predicted octanol–water partition coefficient (Wildman–Crippen LogP) is -1.16. The molecule has 0 amide bonds. The van der Waals surface area contributed by atoms with Gasteiger partial charge in [0.1, 0.15) is 0 Å². The van der Waals surface area contributed by atoms with Gasteiger partial charge in [0.05, 0.1) is 0 Å². The van der Waals surface area contributed by atoms with Crippen LogP contribution in [0.3, 0.4) is 0 Å². The Morgan fingerprint density at radius 3 is 2.42 bits per heavy atom. The Morgan fingerprint density at radius 2 is 1.92 bits per heavy atom. The monoisotopic (exact) mass is 174 g/mol. The van der Waals surface area contributed by atoms with E-state index >= 15 is 0 Å². The average molecular weight is 174 g/mol. The minimum atomic E-state index is -1.18. The van der Waals surface area contributed by atoms with Crippen molar-refractivity contribution < 1.29 is 10.2 Å². The highest BCUT2D eigenvalue weighted by Gasteiger charge is 2.16. The van der Waals surface area contributed by atoms with E-state index in [1.54, 1.807) is 0 Å². The normalized spacial score (nSPS) is 23.0. The van der Waals surface area contributed by atoms with Crippen LogP contribution in [-0.4, -0.2) is 54.1 Å². The molecule has 0 saturated carbocycles. The predicted molar refractivity (Wildman–Crippen MR) is 46.7 cm³/mol. The molecule has 1 aliphatic heterocycles. The van der Waals surface area contributed by atoms with Crippen LogP contribution in [0.1, 0.15) is 6.92 Å². The summed E-state index contributed by atoms with van der Waals surface area (Å²) in [4.78, 5) is 2.25. The first-order valence-electron chi connectivity index (χ1n) is 4.49. The zero-order valence-corrected chi connectivity index (χ0v) is 7.53. The highest BCUT2D eigenvalue weighted by Crippen LogP contribution is 2.04. The van der Waals surface area contributed by atoms with Crippen LogP contribution in [-0.2, 0) is 0 Å². The van der Waals surface area contributed by atoms with Gasteiger partial charge in [0.25, 0.3) is 0 Å². The molecule has 0 aromatic heterocycles. The summed E-state index contributed by atoms with van der Waals surface area (Å²) in [6.07, 6.45) is -1.18. The molecule has 4 heteroatoms. The molecule has 72 valence electrons. The summed E-state index contributed by atoms with van der Waals surface area (Å²) >= 11 is 0.